The number of amides is 2. The standard InChI is InChI=1S/C33H31NO5/c1-32(2)18-26(35)28-27(19-32)38-33(15-7-8-16-34-30(36)23-11-5-6-12-24(23)31(34)37)17-25-21-10-4-3-9-20(21)13-14-22(25)29(28)39-33/h3-6,9-14,29H,7-8,15-19H2,1-2H3. The molecule has 0 N–H and O–H groups in total. The van der Waals surface area contributed by atoms with Crippen LogP contribution in [0.3, 0.4) is 0 Å². The molecule has 1 aliphatic carbocycles. The zero-order valence-corrected chi connectivity index (χ0v) is 22.3. The number of Topliss-reactive ketones (excluding diaryl/α,β-unsaturated/α-hetero) is 1. The van der Waals surface area contributed by atoms with Gasteiger partial charge in [-0.2, -0.15) is 0 Å². The van der Waals surface area contributed by atoms with E-state index < -0.39 is 11.9 Å². The highest BCUT2D eigenvalue weighted by Gasteiger charge is 2.52. The van der Waals surface area contributed by atoms with E-state index in [0.717, 1.165) is 22.1 Å². The Hall–Kier alpha value is -3.77. The van der Waals surface area contributed by atoms with Crippen molar-refractivity contribution >= 4 is 28.4 Å². The Morgan fingerprint density at radius 3 is 2.33 bits per heavy atom. The average molecular weight is 522 g/mol. The van der Waals surface area contributed by atoms with Crippen LogP contribution < -0.4 is 0 Å². The van der Waals surface area contributed by atoms with Gasteiger partial charge in [0.05, 0.1) is 16.7 Å². The highest BCUT2D eigenvalue weighted by Crippen LogP contribution is 2.54. The molecule has 6 nitrogen and oxygen atoms in total. The second-order valence-corrected chi connectivity index (χ2v) is 12.1. The van der Waals surface area contributed by atoms with Crippen LogP contribution in [0.4, 0.5) is 0 Å². The molecule has 3 aromatic rings. The number of carbonyl (C=O) groups is 3. The minimum Gasteiger partial charge on any atom is -0.466 e. The lowest BCUT2D eigenvalue weighted by atomic mass is 9.72. The monoisotopic (exact) mass is 521 g/mol. The summed E-state index contributed by atoms with van der Waals surface area (Å²) in [5.41, 5.74) is 3.69. The third-order valence-corrected chi connectivity index (χ3v) is 8.66. The molecule has 39 heavy (non-hydrogen) atoms. The van der Waals surface area contributed by atoms with Gasteiger partial charge in [-0.05, 0) is 52.3 Å². The molecule has 3 aliphatic heterocycles. The first-order chi connectivity index (χ1) is 18.8. The van der Waals surface area contributed by atoms with Gasteiger partial charge in [0.25, 0.3) is 11.8 Å². The first-order valence-corrected chi connectivity index (χ1v) is 13.8. The molecule has 0 saturated carbocycles. The number of benzene rings is 3. The lowest BCUT2D eigenvalue weighted by Gasteiger charge is -2.50. The number of hydrogen-bond donors (Lipinski definition) is 0. The van der Waals surface area contributed by atoms with Crippen LogP contribution in [0.25, 0.3) is 10.8 Å². The zero-order chi connectivity index (χ0) is 26.9. The second-order valence-electron chi connectivity index (χ2n) is 12.1. The lowest BCUT2D eigenvalue weighted by molar-refractivity contribution is -0.266. The molecule has 0 radical (unpaired) electrons. The number of nitrogens with zero attached hydrogens (tertiary/aromatic N) is 1. The summed E-state index contributed by atoms with van der Waals surface area (Å²) in [4.78, 5) is 40.4. The summed E-state index contributed by atoms with van der Waals surface area (Å²) >= 11 is 0. The molecule has 198 valence electrons. The second kappa shape index (κ2) is 8.62. The molecule has 0 fully saturated rings. The van der Waals surface area contributed by atoms with Gasteiger partial charge >= 0.3 is 0 Å². The molecule has 0 spiro atoms. The van der Waals surface area contributed by atoms with Crippen molar-refractivity contribution in [2.45, 2.75) is 64.3 Å². The Bertz CT molecular complexity index is 1570. The Morgan fingerprint density at radius 2 is 1.56 bits per heavy atom. The molecule has 6 heteroatoms. The summed E-state index contributed by atoms with van der Waals surface area (Å²) in [5, 5.41) is 2.32. The van der Waals surface area contributed by atoms with E-state index in [0.29, 0.717) is 61.8 Å². The number of hydrogen-bond acceptors (Lipinski definition) is 5. The Kier molecular flexibility index (Phi) is 5.37. The fourth-order valence-corrected chi connectivity index (χ4v) is 6.85. The highest BCUT2D eigenvalue weighted by molar-refractivity contribution is 6.21. The van der Waals surface area contributed by atoms with E-state index in [2.05, 4.69) is 38.1 Å². The smallest absolute Gasteiger partial charge is 0.261 e. The van der Waals surface area contributed by atoms with E-state index in [1.165, 1.54) is 10.5 Å². The molecule has 3 heterocycles. The summed E-state index contributed by atoms with van der Waals surface area (Å²) in [6, 6.07) is 19.5. The van der Waals surface area contributed by atoms with Crippen molar-refractivity contribution in [3.63, 3.8) is 0 Å². The molecule has 0 saturated heterocycles. The van der Waals surface area contributed by atoms with Crippen LogP contribution in [0.2, 0.25) is 0 Å². The maximum Gasteiger partial charge on any atom is 0.261 e. The molecule has 7 rings (SSSR count). The van der Waals surface area contributed by atoms with Crippen LogP contribution in [-0.2, 0) is 20.7 Å². The minimum absolute atomic E-state index is 0.103. The molecule has 2 bridgehead atoms. The highest BCUT2D eigenvalue weighted by atomic mass is 16.7. The molecule has 0 aromatic heterocycles. The van der Waals surface area contributed by atoms with Gasteiger partial charge in [-0.3, -0.25) is 19.3 Å². The fourth-order valence-electron chi connectivity index (χ4n) is 6.85. The number of carbonyl (C=O) groups excluding carboxylic acids is 3. The number of ketones is 1. The zero-order valence-electron chi connectivity index (χ0n) is 22.3. The number of rotatable bonds is 5. The van der Waals surface area contributed by atoms with Gasteiger partial charge in [0, 0.05) is 32.2 Å². The van der Waals surface area contributed by atoms with E-state index in [4.69, 9.17) is 9.47 Å². The maximum absolute atomic E-state index is 13.4. The third-order valence-electron chi connectivity index (χ3n) is 8.66. The predicted octanol–water partition coefficient (Wildman–Crippen LogP) is 6.29. The molecule has 4 aliphatic rings. The van der Waals surface area contributed by atoms with E-state index in [1.54, 1.807) is 24.3 Å². The molecule has 3 aromatic carbocycles. The van der Waals surface area contributed by atoms with Crippen molar-refractivity contribution in [1.29, 1.82) is 0 Å². The number of fused-ring (bicyclic) bond motifs is 8. The van der Waals surface area contributed by atoms with Crippen molar-refractivity contribution in [3.8, 4) is 0 Å². The molecular weight excluding hydrogens is 490 g/mol. The predicted molar refractivity (Wildman–Crippen MR) is 146 cm³/mol. The van der Waals surface area contributed by atoms with Gasteiger partial charge in [0.1, 0.15) is 11.9 Å². The van der Waals surface area contributed by atoms with Crippen LogP contribution >= 0.6 is 0 Å². The van der Waals surface area contributed by atoms with Crippen molar-refractivity contribution in [2.75, 3.05) is 6.54 Å². The van der Waals surface area contributed by atoms with Gasteiger partial charge in [0.2, 0.25) is 5.79 Å². The van der Waals surface area contributed by atoms with Crippen LogP contribution in [0, 0.1) is 5.41 Å². The SMILES string of the molecule is CC1(C)CC(=O)C2=C(C1)OC1(CCCCN3C(=O)c4ccccc4C3=O)Cc3c(ccc4ccccc34)C2O1. The van der Waals surface area contributed by atoms with E-state index in [1.807, 2.05) is 12.1 Å². The van der Waals surface area contributed by atoms with Gasteiger partial charge in [-0.1, -0.05) is 62.4 Å². The first-order valence-electron chi connectivity index (χ1n) is 13.8. The van der Waals surface area contributed by atoms with E-state index >= 15 is 0 Å². The van der Waals surface area contributed by atoms with Crippen LogP contribution in [0.5, 0.6) is 0 Å². The first kappa shape index (κ1) is 24.3. The summed E-state index contributed by atoms with van der Waals surface area (Å²) in [7, 11) is 0. The topological polar surface area (TPSA) is 72.9 Å². The Labute approximate surface area is 227 Å². The van der Waals surface area contributed by atoms with Crippen molar-refractivity contribution in [3.05, 3.63) is 94.2 Å². The maximum atomic E-state index is 13.4. The van der Waals surface area contributed by atoms with E-state index in [9.17, 15) is 14.4 Å². The Morgan fingerprint density at radius 1 is 0.846 bits per heavy atom. The number of unbranched alkanes of at least 4 members (excludes halogenated alkanes) is 1. The van der Waals surface area contributed by atoms with Crippen LogP contribution in [0.1, 0.15) is 83.9 Å². The third kappa shape index (κ3) is 3.84. The molecule has 2 atom stereocenters. The van der Waals surface area contributed by atoms with Crippen LogP contribution in [-0.4, -0.2) is 34.8 Å². The normalized spacial score (nSPS) is 24.9. The van der Waals surface area contributed by atoms with Crippen molar-refractivity contribution < 1.29 is 23.9 Å². The number of allylic oxidation sites excluding steroid dienone is 1. The summed E-state index contributed by atoms with van der Waals surface area (Å²) in [6.45, 7) is 4.57. The summed E-state index contributed by atoms with van der Waals surface area (Å²) in [5.74, 6) is -0.473. The average Bonchev–Trinajstić information content (AvgIpc) is 3.15. The van der Waals surface area contributed by atoms with Crippen LogP contribution in [0.15, 0.2) is 72.0 Å². The van der Waals surface area contributed by atoms with Crippen molar-refractivity contribution in [2.24, 2.45) is 5.41 Å². The molecule has 2 amide bonds. The lowest BCUT2D eigenvalue weighted by Crippen LogP contribution is -2.49. The summed E-state index contributed by atoms with van der Waals surface area (Å²) < 4.78 is 13.4. The van der Waals surface area contributed by atoms with Gasteiger partial charge < -0.3 is 9.47 Å². The van der Waals surface area contributed by atoms with Gasteiger partial charge in [-0.15, -0.1) is 0 Å². The quantitative estimate of drug-likeness (QED) is 0.291. The van der Waals surface area contributed by atoms with E-state index in [-0.39, 0.29) is 23.0 Å². The fraction of sp³-hybridized carbons (Fsp3) is 0.364. The molecular formula is C33H31NO5. The van der Waals surface area contributed by atoms with Crippen molar-refractivity contribution in [1.82, 2.24) is 4.90 Å². The number of ether oxygens (including phenoxy) is 2. The minimum atomic E-state index is -0.893. The van der Waals surface area contributed by atoms with Gasteiger partial charge in [-0.25, -0.2) is 0 Å². The summed E-state index contributed by atoms with van der Waals surface area (Å²) in [6.07, 6.45) is 3.27. The molecule has 2 unspecified atom stereocenters. The largest absolute Gasteiger partial charge is 0.466 e. The number of imide groups is 1. The Balaban J connectivity index is 1.18. The van der Waals surface area contributed by atoms with Gasteiger partial charge in [0.15, 0.2) is 5.78 Å².